The zero-order valence-electron chi connectivity index (χ0n) is 10.5. The number of aromatic nitrogens is 1. The molecule has 0 atom stereocenters. The number of rotatable bonds is 5. The van der Waals surface area contributed by atoms with E-state index in [2.05, 4.69) is 26.2 Å². The van der Waals surface area contributed by atoms with Crippen molar-refractivity contribution < 1.29 is 4.79 Å². The number of pyridine rings is 1. The van der Waals surface area contributed by atoms with Gasteiger partial charge in [-0.2, -0.15) is 0 Å². The SMILES string of the molecule is CCNc1ncc(Br)cc1C(=O)N(CC)CC. The third kappa shape index (κ3) is 3.43. The first-order valence-corrected chi connectivity index (χ1v) is 6.61. The fourth-order valence-corrected chi connectivity index (χ4v) is 1.92. The Morgan fingerprint density at radius 1 is 1.41 bits per heavy atom. The highest BCUT2D eigenvalue weighted by molar-refractivity contribution is 9.10. The van der Waals surface area contributed by atoms with Gasteiger partial charge in [0.2, 0.25) is 0 Å². The van der Waals surface area contributed by atoms with E-state index in [1.165, 1.54) is 0 Å². The van der Waals surface area contributed by atoms with Gasteiger partial charge in [-0.15, -0.1) is 0 Å². The summed E-state index contributed by atoms with van der Waals surface area (Å²) in [6.07, 6.45) is 1.69. The Kier molecular flexibility index (Phi) is 5.41. The molecule has 0 radical (unpaired) electrons. The monoisotopic (exact) mass is 299 g/mol. The predicted molar refractivity (Wildman–Crippen MR) is 73.4 cm³/mol. The maximum Gasteiger partial charge on any atom is 0.257 e. The zero-order valence-corrected chi connectivity index (χ0v) is 12.0. The Morgan fingerprint density at radius 2 is 2.06 bits per heavy atom. The van der Waals surface area contributed by atoms with E-state index in [1.807, 2.05) is 26.8 Å². The van der Waals surface area contributed by atoms with E-state index in [0.29, 0.717) is 24.5 Å². The van der Waals surface area contributed by atoms with Crippen LogP contribution < -0.4 is 5.32 Å². The third-order valence-electron chi connectivity index (χ3n) is 2.48. The molecule has 0 aromatic carbocycles. The maximum atomic E-state index is 12.3. The minimum Gasteiger partial charge on any atom is -0.370 e. The Balaban J connectivity index is 3.09. The standard InChI is InChI=1S/C12H18BrN3O/c1-4-14-11-10(7-9(13)8-15-11)12(17)16(5-2)6-3/h7-8H,4-6H2,1-3H3,(H,14,15). The minimum absolute atomic E-state index is 0.0137. The summed E-state index contributed by atoms with van der Waals surface area (Å²) in [5.41, 5.74) is 0.616. The number of nitrogens with zero attached hydrogens (tertiary/aromatic N) is 2. The number of hydrogen-bond acceptors (Lipinski definition) is 3. The summed E-state index contributed by atoms with van der Waals surface area (Å²) in [6, 6.07) is 1.81. The molecule has 0 saturated heterocycles. The summed E-state index contributed by atoms with van der Waals surface area (Å²) in [7, 11) is 0. The molecule has 0 aliphatic heterocycles. The lowest BCUT2D eigenvalue weighted by Crippen LogP contribution is -2.31. The summed E-state index contributed by atoms with van der Waals surface area (Å²) in [4.78, 5) is 18.3. The first-order chi connectivity index (χ1) is 8.13. The number of halogens is 1. The van der Waals surface area contributed by atoms with Crippen molar-refractivity contribution in [3.8, 4) is 0 Å². The van der Waals surface area contributed by atoms with Crippen LogP contribution in [-0.4, -0.2) is 35.4 Å². The highest BCUT2D eigenvalue weighted by Crippen LogP contribution is 2.19. The Morgan fingerprint density at radius 3 is 2.59 bits per heavy atom. The fourth-order valence-electron chi connectivity index (χ4n) is 1.59. The largest absolute Gasteiger partial charge is 0.370 e. The predicted octanol–water partition coefficient (Wildman–Crippen LogP) is 2.76. The van der Waals surface area contributed by atoms with E-state index < -0.39 is 0 Å². The molecular weight excluding hydrogens is 282 g/mol. The number of carbonyl (C=O) groups excluding carboxylic acids is 1. The summed E-state index contributed by atoms with van der Waals surface area (Å²) in [5.74, 6) is 0.660. The molecule has 17 heavy (non-hydrogen) atoms. The van der Waals surface area contributed by atoms with Gasteiger partial charge in [0.1, 0.15) is 5.82 Å². The van der Waals surface area contributed by atoms with E-state index in [-0.39, 0.29) is 5.91 Å². The number of anilines is 1. The second kappa shape index (κ2) is 6.59. The summed E-state index contributed by atoms with van der Waals surface area (Å²) in [6.45, 7) is 8.07. The second-order valence-corrected chi connectivity index (χ2v) is 4.47. The van der Waals surface area contributed by atoms with Gasteiger partial charge in [-0.05, 0) is 42.8 Å². The van der Waals surface area contributed by atoms with Crippen LogP contribution in [0.1, 0.15) is 31.1 Å². The van der Waals surface area contributed by atoms with E-state index in [4.69, 9.17) is 0 Å². The molecule has 1 amide bonds. The molecule has 1 rings (SSSR count). The van der Waals surface area contributed by atoms with E-state index in [1.54, 1.807) is 11.1 Å². The molecule has 1 aromatic rings. The van der Waals surface area contributed by atoms with Crippen LogP contribution in [0, 0.1) is 0 Å². The Bertz CT molecular complexity index is 391. The molecular formula is C12H18BrN3O. The molecule has 0 spiro atoms. The van der Waals surface area contributed by atoms with Gasteiger partial charge in [-0.25, -0.2) is 4.98 Å². The van der Waals surface area contributed by atoms with Crippen LogP contribution >= 0.6 is 15.9 Å². The van der Waals surface area contributed by atoms with Crippen LogP contribution in [0.3, 0.4) is 0 Å². The van der Waals surface area contributed by atoms with E-state index >= 15 is 0 Å². The average molecular weight is 300 g/mol. The molecule has 94 valence electrons. The van der Waals surface area contributed by atoms with Gasteiger partial charge in [-0.1, -0.05) is 0 Å². The van der Waals surface area contributed by atoms with Crippen LogP contribution in [0.5, 0.6) is 0 Å². The fraction of sp³-hybridized carbons (Fsp3) is 0.500. The van der Waals surface area contributed by atoms with Crippen molar-refractivity contribution in [2.75, 3.05) is 25.0 Å². The van der Waals surface area contributed by atoms with Crippen molar-refractivity contribution in [1.29, 1.82) is 0 Å². The lowest BCUT2D eigenvalue weighted by Gasteiger charge is -2.20. The first-order valence-electron chi connectivity index (χ1n) is 5.82. The molecule has 0 bridgehead atoms. The molecule has 5 heteroatoms. The summed E-state index contributed by atoms with van der Waals surface area (Å²) >= 11 is 3.35. The van der Waals surface area contributed by atoms with Crippen LogP contribution in [0.2, 0.25) is 0 Å². The molecule has 0 unspecified atom stereocenters. The third-order valence-corrected chi connectivity index (χ3v) is 2.91. The summed E-state index contributed by atoms with van der Waals surface area (Å²) < 4.78 is 0.814. The van der Waals surface area contributed by atoms with Crippen molar-refractivity contribution in [2.45, 2.75) is 20.8 Å². The highest BCUT2D eigenvalue weighted by Gasteiger charge is 2.17. The number of hydrogen-bond donors (Lipinski definition) is 1. The average Bonchev–Trinajstić information content (AvgIpc) is 2.33. The minimum atomic E-state index is 0.0137. The van der Waals surface area contributed by atoms with E-state index in [9.17, 15) is 4.79 Å². The maximum absolute atomic E-state index is 12.3. The van der Waals surface area contributed by atoms with Gasteiger partial charge >= 0.3 is 0 Å². The second-order valence-electron chi connectivity index (χ2n) is 3.56. The van der Waals surface area contributed by atoms with Crippen molar-refractivity contribution >= 4 is 27.7 Å². The molecule has 1 heterocycles. The lowest BCUT2D eigenvalue weighted by molar-refractivity contribution is 0.0773. The first kappa shape index (κ1) is 14.0. The quantitative estimate of drug-likeness (QED) is 0.909. The van der Waals surface area contributed by atoms with Crippen LogP contribution in [-0.2, 0) is 0 Å². The zero-order chi connectivity index (χ0) is 12.8. The number of carbonyl (C=O) groups is 1. The highest BCUT2D eigenvalue weighted by atomic mass is 79.9. The number of amides is 1. The molecule has 0 aliphatic carbocycles. The lowest BCUT2D eigenvalue weighted by atomic mass is 10.2. The Labute approximate surface area is 111 Å². The smallest absolute Gasteiger partial charge is 0.257 e. The normalized spacial score (nSPS) is 10.1. The van der Waals surface area contributed by atoms with E-state index in [0.717, 1.165) is 11.0 Å². The Hall–Kier alpha value is -1.10. The molecule has 4 nitrogen and oxygen atoms in total. The van der Waals surface area contributed by atoms with Gasteiger partial charge in [0.15, 0.2) is 0 Å². The molecule has 1 aromatic heterocycles. The van der Waals surface area contributed by atoms with Crippen molar-refractivity contribution in [3.05, 3.63) is 22.3 Å². The van der Waals surface area contributed by atoms with Crippen LogP contribution in [0.4, 0.5) is 5.82 Å². The molecule has 0 aliphatic rings. The van der Waals surface area contributed by atoms with Crippen LogP contribution in [0.25, 0.3) is 0 Å². The summed E-state index contributed by atoms with van der Waals surface area (Å²) in [5, 5.41) is 3.11. The molecule has 0 saturated carbocycles. The van der Waals surface area contributed by atoms with Gasteiger partial charge in [0, 0.05) is 30.3 Å². The van der Waals surface area contributed by atoms with Gasteiger partial charge < -0.3 is 10.2 Å². The number of nitrogens with one attached hydrogen (secondary N) is 1. The molecule has 0 fully saturated rings. The van der Waals surface area contributed by atoms with Crippen molar-refractivity contribution in [2.24, 2.45) is 0 Å². The van der Waals surface area contributed by atoms with Crippen molar-refractivity contribution in [1.82, 2.24) is 9.88 Å². The topological polar surface area (TPSA) is 45.2 Å². The van der Waals surface area contributed by atoms with Crippen LogP contribution in [0.15, 0.2) is 16.7 Å². The van der Waals surface area contributed by atoms with Crippen molar-refractivity contribution in [3.63, 3.8) is 0 Å². The van der Waals surface area contributed by atoms with Gasteiger partial charge in [0.05, 0.1) is 5.56 Å². The van der Waals surface area contributed by atoms with Gasteiger partial charge in [-0.3, -0.25) is 4.79 Å². The van der Waals surface area contributed by atoms with Gasteiger partial charge in [0.25, 0.3) is 5.91 Å². The molecule has 1 N–H and O–H groups in total.